The second-order valence-electron chi connectivity index (χ2n) is 3.32. The van der Waals surface area contributed by atoms with Crippen LogP contribution in [-0.2, 0) is 23.1 Å². The van der Waals surface area contributed by atoms with Crippen molar-refractivity contribution >= 4 is 10.1 Å². The van der Waals surface area contributed by atoms with Crippen LogP contribution in [0, 0.1) is 0 Å². The molecule has 0 unspecified atom stereocenters. The fourth-order valence-electron chi connectivity index (χ4n) is 1.22. The van der Waals surface area contributed by atoms with Gasteiger partial charge >= 0.3 is 0 Å². The van der Waals surface area contributed by atoms with E-state index in [9.17, 15) is 8.42 Å². The Hall–Kier alpha value is -0.910. The number of nitrogens with one attached hydrogen (secondary N) is 1. The van der Waals surface area contributed by atoms with E-state index < -0.39 is 16.0 Å². The minimum Gasteiger partial charge on any atom is -0.298 e. The van der Waals surface area contributed by atoms with E-state index in [1.54, 1.807) is 0 Å². The summed E-state index contributed by atoms with van der Waals surface area (Å²) in [4.78, 5) is 0. The second-order valence-corrected chi connectivity index (χ2v) is 4.78. The molecular weight excluding hydrogens is 214 g/mol. The van der Waals surface area contributed by atoms with Gasteiger partial charge in [0.15, 0.2) is 0 Å². The van der Waals surface area contributed by atoms with Crippen LogP contribution in [0.15, 0.2) is 24.3 Å². The van der Waals surface area contributed by atoms with Crippen LogP contribution in [0.3, 0.4) is 0 Å². The Morgan fingerprint density at radius 2 is 1.73 bits per heavy atom. The van der Waals surface area contributed by atoms with Crippen LogP contribution in [0.25, 0.3) is 0 Å². The molecule has 0 aliphatic carbocycles. The molecule has 0 aliphatic heterocycles. The summed E-state index contributed by atoms with van der Waals surface area (Å²) in [6, 6.07) is 7.89. The molecule has 0 fully saturated rings. The molecule has 0 spiro atoms. The molecule has 84 valence electrons. The second kappa shape index (κ2) is 5.25. The van der Waals surface area contributed by atoms with Gasteiger partial charge in [-0.3, -0.25) is 9.87 Å². The monoisotopic (exact) mass is 229 g/mol. The Bertz CT molecular complexity index is 397. The maximum atomic E-state index is 10.4. The minimum absolute atomic E-state index is 0.414. The standard InChI is InChI=1S/C10H15NO3S/c1-2-9-3-5-10(6-4-9)7-11-8-15(12,13)14/h3-6,11H,2,7-8H2,1H3,(H,12,13,14). The average molecular weight is 229 g/mol. The van der Waals surface area contributed by atoms with Crippen LogP contribution in [-0.4, -0.2) is 18.8 Å². The van der Waals surface area contributed by atoms with Crippen LogP contribution < -0.4 is 5.32 Å². The normalized spacial score (nSPS) is 11.6. The summed E-state index contributed by atoms with van der Waals surface area (Å²) >= 11 is 0. The van der Waals surface area contributed by atoms with Crippen LogP contribution in [0.2, 0.25) is 0 Å². The molecule has 1 aromatic carbocycles. The molecule has 1 rings (SSSR count). The van der Waals surface area contributed by atoms with Crippen LogP contribution in [0.1, 0.15) is 18.1 Å². The summed E-state index contributed by atoms with van der Waals surface area (Å²) in [5, 5.41) is 2.64. The first-order valence-corrected chi connectivity index (χ1v) is 6.36. The van der Waals surface area contributed by atoms with Crippen molar-refractivity contribution in [2.24, 2.45) is 0 Å². The van der Waals surface area contributed by atoms with E-state index in [2.05, 4.69) is 12.2 Å². The van der Waals surface area contributed by atoms with Gasteiger partial charge in [0.25, 0.3) is 10.1 Å². The highest BCUT2D eigenvalue weighted by atomic mass is 32.2. The molecule has 0 bridgehead atoms. The van der Waals surface area contributed by atoms with E-state index in [1.165, 1.54) is 5.56 Å². The van der Waals surface area contributed by atoms with Crippen LogP contribution in [0.4, 0.5) is 0 Å². The first kappa shape index (κ1) is 12.2. The van der Waals surface area contributed by atoms with Crippen molar-refractivity contribution in [3.05, 3.63) is 35.4 Å². The maximum absolute atomic E-state index is 10.4. The van der Waals surface area contributed by atoms with Crippen molar-refractivity contribution in [2.45, 2.75) is 19.9 Å². The van der Waals surface area contributed by atoms with E-state index in [4.69, 9.17) is 4.55 Å². The molecule has 2 N–H and O–H groups in total. The highest BCUT2D eigenvalue weighted by Crippen LogP contribution is 2.04. The van der Waals surface area contributed by atoms with Crippen molar-refractivity contribution in [3.8, 4) is 0 Å². The van der Waals surface area contributed by atoms with E-state index in [1.807, 2.05) is 24.3 Å². The molecule has 0 aliphatic rings. The van der Waals surface area contributed by atoms with Crippen molar-refractivity contribution in [2.75, 3.05) is 5.88 Å². The van der Waals surface area contributed by atoms with Gasteiger partial charge in [0.1, 0.15) is 5.88 Å². The summed E-state index contributed by atoms with van der Waals surface area (Å²) in [5.41, 5.74) is 2.24. The summed E-state index contributed by atoms with van der Waals surface area (Å²) in [6.07, 6.45) is 0.985. The molecule has 0 heterocycles. The van der Waals surface area contributed by atoms with E-state index in [0.717, 1.165) is 12.0 Å². The van der Waals surface area contributed by atoms with Gasteiger partial charge in [0, 0.05) is 6.54 Å². The first-order valence-electron chi connectivity index (χ1n) is 4.75. The molecule has 4 nitrogen and oxygen atoms in total. The number of rotatable bonds is 5. The smallest absolute Gasteiger partial charge is 0.278 e. The quantitative estimate of drug-likeness (QED) is 0.744. The third-order valence-corrected chi connectivity index (χ3v) is 2.61. The molecule has 5 heteroatoms. The van der Waals surface area contributed by atoms with Crippen molar-refractivity contribution in [1.82, 2.24) is 5.32 Å². The lowest BCUT2D eigenvalue weighted by atomic mass is 10.1. The van der Waals surface area contributed by atoms with Crippen LogP contribution in [0.5, 0.6) is 0 Å². The van der Waals surface area contributed by atoms with E-state index in [0.29, 0.717) is 6.54 Å². The SMILES string of the molecule is CCc1ccc(CNCS(=O)(=O)O)cc1. The van der Waals surface area contributed by atoms with Gasteiger partial charge < -0.3 is 0 Å². The fraction of sp³-hybridized carbons (Fsp3) is 0.400. The molecule has 0 saturated carbocycles. The molecule has 0 aromatic heterocycles. The van der Waals surface area contributed by atoms with Crippen molar-refractivity contribution in [1.29, 1.82) is 0 Å². The third kappa shape index (κ3) is 4.92. The predicted molar refractivity (Wildman–Crippen MR) is 59.1 cm³/mol. The van der Waals surface area contributed by atoms with E-state index >= 15 is 0 Å². The van der Waals surface area contributed by atoms with Gasteiger partial charge in [-0.15, -0.1) is 0 Å². The third-order valence-electron chi connectivity index (χ3n) is 2.04. The average Bonchev–Trinajstić information content (AvgIpc) is 2.17. The zero-order chi connectivity index (χ0) is 11.3. The number of hydrogen-bond acceptors (Lipinski definition) is 3. The Balaban J connectivity index is 2.45. The molecule has 15 heavy (non-hydrogen) atoms. The fourth-order valence-corrected chi connectivity index (χ4v) is 1.58. The summed E-state index contributed by atoms with van der Waals surface area (Å²) in [7, 11) is -3.92. The lowest BCUT2D eigenvalue weighted by molar-refractivity contribution is 0.476. The largest absolute Gasteiger partial charge is 0.298 e. The Morgan fingerprint density at radius 3 is 2.20 bits per heavy atom. The van der Waals surface area contributed by atoms with Crippen LogP contribution >= 0.6 is 0 Å². The molecule has 0 saturated heterocycles. The van der Waals surface area contributed by atoms with Gasteiger partial charge in [-0.1, -0.05) is 31.2 Å². The Kier molecular flexibility index (Phi) is 4.26. The van der Waals surface area contributed by atoms with Gasteiger partial charge in [-0.2, -0.15) is 8.42 Å². The lowest BCUT2D eigenvalue weighted by Gasteiger charge is -2.03. The topological polar surface area (TPSA) is 66.4 Å². The highest BCUT2D eigenvalue weighted by Gasteiger charge is 2.02. The molecular formula is C10H15NO3S. The van der Waals surface area contributed by atoms with Gasteiger partial charge in [0.2, 0.25) is 0 Å². The van der Waals surface area contributed by atoms with Gasteiger partial charge in [-0.05, 0) is 17.5 Å². The summed E-state index contributed by atoms with van der Waals surface area (Å²) in [5.74, 6) is -0.414. The molecule has 0 atom stereocenters. The maximum Gasteiger partial charge on any atom is 0.278 e. The van der Waals surface area contributed by atoms with Crippen molar-refractivity contribution < 1.29 is 13.0 Å². The van der Waals surface area contributed by atoms with Crippen molar-refractivity contribution in [3.63, 3.8) is 0 Å². The molecule has 0 radical (unpaired) electrons. The Morgan fingerprint density at radius 1 is 1.20 bits per heavy atom. The molecule has 0 amide bonds. The number of hydrogen-bond donors (Lipinski definition) is 2. The highest BCUT2D eigenvalue weighted by molar-refractivity contribution is 7.85. The lowest BCUT2D eigenvalue weighted by Crippen LogP contribution is -2.21. The summed E-state index contributed by atoms with van der Waals surface area (Å²) < 4.78 is 29.3. The van der Waals surface area contributed by atoms with Gasteiger partial charge in [-0.25, -0.2) is 0 Å². The number of aryl methyl sites for hydroxylation is 1. The first-order chi connectivity index (χ1) is 7.01. The molecule has 1 aromatic rings. The minimum atomic E-state index is -3.92. The zero-order valence-electron chi connectivity index (χ0n) is 8.60. The number of benzene rings is 1. The zero-order valence-corrected chi connectivity index (χ0v) is 9.42. The van der Waals surface area contributed by atoms with E-state index in [-0.39, 0.29) is 0 Å². The summed E-state index contributed by atoms with van der Waals surface area (Å²) in [6.45, 7) is 2.51. The van der Waals surface area contributed by atoms with Gasteiger partial charge in [0.05, 0.1) is 0 Å². The predicted octanol–water partition coefficient (Wildman–Crippen LogP) is 1.18. The Labute approximate surface area is 90.1 Å².